The van der Waals surface area contributed by atoms with Crippen LogP contribution in [0.3, 0.4) is 0 Å². The number of ether oxygens (including phenoxy) is 1. The largest absolute Gasteiger partial charge is 0.381 e. The summed E-state index contributed by atoms with van der Waals surface area (Å²) in [6, 6.07) is 6.80. The maximum atomic E-state index is 10.8. The van der Waals surface area contributed by atoms with Gasteiger partial charge in [-0.1, -0.05) is 25.1 Å². The molecular weight excluding hydrogens is 232 g/mol. The molecule has 0 heterocycles. The minimum absolute atomic E-state index is 0.173. The van der Waals surface area contributed by atoms with Gasteiger partial charge in [0.05, 0.1) is 4.92 Å². The number of nitro benzene ring substituents is 1. The molecule has 1 N–H and O–H groups in total. The first-order chi connectivity index (χ1) is 8.75. The van der Waals surface area contributed by atoms with E-state index in [9.17, 15) is 10.1 Å². The topological polar surface area (TPSA) is 64.4 Å². The molecule has 0 bridgehead atoms. The van der Waals surface area contributed by atoms with Crippen molar-refractivity contribution in [2.45, 2.75) is 26.3 Å². The fourth-order valence-electron chi connectivity index (χ4n) is 1.61. The summed E-state index contributed by atoms with van der Waals surface area (Å²) >= 11 is 0. The van der Waals surface area contributed by atoms with Crippen LogP contribution in [-0.4, -0.2) is 24.7 Å². The van der Waals surface area contributed by atoms with Gasteiger partial charge in [-0.15, -0.1) is 0 Å². The van der Waals surface area contributed by atoms with Crippen LogP contribution in [0.1, 0.15) is 25.3 Å². The lowest BCUT2D eigenvalue weighted by Gasteiger charge is -2.06. The van der Waals surface area contributed by atoms with Crippen LogP contribution in [0.4, 0.5) is 5.69 Å². The molecule has 0 aliphatic rings. The Hall–Kier alpha value is -1.46. The molecule has 0 fully saturated rings. The lowest BCUT2D eigenvalue weighted by molar-refractivity contribution is -0.385. The molecule has 0 aliphatic carbocycles. The Morgan fingerprint density at radius 2 is 2.11 bits per heavy atom. The molecule has 100 valence electrons. The zero-order chi connectivity index (χ0) is 13.2. The smallest absolute Gasteiger partial charge is 0.273 e. The van der Waals surface area contributed by atoms with E-state index in [0.717, 1.165) is 38.2 Å². The highest BCUT2D eigenvalue weighted by Crippen LogP contribution is 2.16. The maximum absolute atomic E-state index is 10.8. The Balaban J connectivity index is 2.25. The first-order valence-corrected chi connectivity index (χ1v) is 6.26. The summed E-state index contributed by atoms with van der Waals surface area (Å²) in [6.07, 6.45) is 1.95. The average Bonchev–Trinajstić information content (AvgIpc) is 2.38. The third kappa shape index (κ3) is 5.25. The molecule has 0 atom stereocenters. The van der Waals surface area contributed by atoms with Crippen LogP contribution in [0.5, 0.6) is 0 Å². The summed E-state index contributed by atoms with van der Waals surface area (Å²) in [4.78, 5) is 10.4. The zero-order valence-electron chi connectivity index (χ0n) is 10.7. The van der Waals surface area contributed by atoms with E-state index in [-0.39, 0.29) is 10.6 Å². The Morgan fingerprint density at radius 1 is 1.33 bits per heavy atom. The number of rotatable bonds is 9. The van der Waals surface area contributed by atoms with E-state index in [0.29, 0.717) is 6.54 Å². The monoisotopic (exact) mass is 252 g/mol. The second-order valence-corrected chi connectivity index (χ2v) is 4.03. The third-order valence-electron chi connectivity index (χ3n) is 2.49. The van der Waals surface area contributed by atoms with Crippen molar-refractivity contribution >= 4 is 5.69 Å². The van der Waals surface area contributed by atoms with Crippen molar-refractivity contribution in [1.82, 2.24) is 5.32 Å². The first-order valence-electron chi connectivity index (χ1n) is 6.26. The number of nitrogens with one attached hydrogen (secondary N) is 1. The zero-order valence-corrected chi connectivity index (χ0v) is 10.7. The maximum Gasteiger partial charge on any atom is 0.273 e. The Labute approximate surface area is 107 Å². The fourth-order valence-corrected chi connectivity index (χ4v) is 1.61. The van der Waals surface area contributed by atoms with Gasteiger partial charge in [-0.3, -0.25) is 10.1 Å². The van der Waals surface area contributed by atoms with Gasteiger partial charge in [0, 0.05) is 31.4 Å². The number of nitrogens with zero attached hydrogens (tertiary/aromatic N) is 1. The van der Waals surface area contributed by atoms with Crippen molar-refractivity contribution in [2.75, 3.05) is 19.8 Å². The van der Waals surface area contributed by atoms with Crippen molar-refractivity contribution < 1.29 is 9.66 Å². The molecular formula is C13H20N2O3. The van der Waals surface area contributed by atoms with Crippen molar-refractivity contribution in [3.63, 3.8) is 0 Å². The number of hydrogen-bond acceptors (Lipinski definition) is 4. The van der Waals surface area contributed by atoms with Gasteiger partial charge in [-0.25, -0.2) is 0 Å². The van der Waals surface area contributed by atoms with Gasteiger partial charge in [-0.05, 0) is 19.4 Å². The normalized spacial score (nSPS) is 10.5. The van der Waals surface area contributed by atoms with Crippen molar-refractivity contribution in [3.8, 4) is 0 Å². The second kappa shape index (κ2) is 8.60. The van der Waals surface area contributed by atoms with Crippen LogP contribution in [0.2, 0.25) is 0 Å². The molecule has 5 heteroatoms. The quantitative estimate of drug-likeness (QED) is 0.416. The molecule has 5 nitrogen and oxygen atoms in total. The number of hydrogen-bond donors (Lipinski definition) is 1. The summed E-state index contributed by atoms with van der Waals surface area (Å²) in [5, 5.41) is 14.0. The van der Waals surface area contributed by atoms with E-state index in [1.54, 1.807) is 12.1 Å². The first kappa shape index (κ1) is 14.6. The average molecular weight is 252 g/mol. The highest BCUT2D eigenvalue weighted by atomic mass is 16.6. The Kier molecular flexibility index (Phi) is 6.98. The summed E-state index contributed by atoms with van der Waals surface area (Å²) < 4.78 is 5.35. The Bertz CT molecular complexity index is 369. The minimum Gasteiger partial charge on any atom is -0.381 e. The molecule has 0 aliphatic heterocycles. The standard InChI is InChI=1S/C13H20N2O3/c1-2-9-18-10-5-8-14-11-12-6-3-4-7-13(12)15(16)17/h3-4,6-7,14H,2,5,8-11H2,1H3. The minimum atomic E-state index is -0.346. The van der Waals surface area contributed by atoms with Gasteiger partial charge in [0.1, 0.15) is 0 Å². The molecule has 0 saturated carbocycles. The van der Waals surface area contributed by atoms with Crippen LogP contribution < -0.4 is 5.32 Å². The number of para-hydroxylation sites is 1. The van der Waals surface area contributed by atoms with Gasteiger partial charge < -0.3 is 10.1 Å². The molecule has 0 aromatic heterocycles. The molecule has 0 saturated heterocycles. The van der Waals surface area contributed by atoms with Crippen LogP contribution in [0.25, 0.3) is 0 Å². The molecule has 1 aromatic carbocycles. The molecule has 0 amide bonds. The van der Waals surface area contributed by atoms with Gasteiger partial charge >= 0.3 is 0 Å². The summed E-state index contributed by atoms with van der Waals surface area (Å²) in [6.45, 7) is 4.93. The summed E-state index contributed by atoms with van der Waals surface area (Å²) in [5.41, 5.74) is 0.893. The van der Waals surface area contributed by atoms with Crippen molar-refractivity contribution in [2.24, 2.45) is 0 Å². The predicted octanol–water partition coefficient (Wildman–Crippen LogP) is 2.50. The molecule has 1 aromatic rings. The molecule has 0 radical (unpaired) electrons. The molecule has 1 rings (SSSR count). The lowest BCUT2D eigenvalue weighted by Crippen LogP contribution is -2.17. The van der Waals surface area contributed by atoms with Crippen LogP contribution in [-0.2, 0) is 11.3 Å². The van der Waals surface area contributed by atoms with Gasteiger partial charge in [0.2, 0.25) is 0 Å². The van der Waals surface area contributed by atoms with Crippen LogP contribution >= 0.6 is 0 Å². The van der Waals surface area contributed by atoms with E-state index in [4.69, 9.17) is 4.74 Å². The number of nitro groups is 1. The van der Waals surface area contributed by atoms with Gasteiger partial charge in [-0.2, -0.15) is 0 Å². The lowest BCUT2D eigenvalue weighted by atomic mass is 10.2. The highest BCUT2D eigenvalue weighted by Gasteiger charge is 2.10. The molecule has 18 heavy (non-hydrogen) atoms. The molecule has 0 spiro atoms. The van der Waals surface area contributed by atoms with Gasteiger partial charge in [0.15, 0.2) is 0 Å². The highest BCUT2D eigenvalue weighted by molar-refractivity contribution is 5.39. The third-order valence-corrected chi connectivity index (χ3v) is 2.49. The SMILES string of the molecule is CCCOCCCNCc1ccccc1[N+](=O)[O-]. The fraction of sp³-hybridized carbons (Fsp3) is 0.538. The van der Waals surface area contributed by atoms with Crippen molar-refractivity contribution in [3.05, 3.63) is 39.9 Å². The Morgan fingerprint density at radius 3 is 2.83 bits per heavy atom. The van der Waals surface area contributed by atoms with Crippen LogP contribution in [0.15, 0.2) is 24.3 Å². The summed E-state index contributed by atoms with van der Waals surface area (Å²) in [7, 11) is 0. The van der Waals surface area contributed by atoms with E-state index in [1.165, 1.54) is 6.07 Å². The van der Waals surface area contributed by atoms with Gasteiger partial charge in [0.25, 0.3) is 5.69 Å². The van der Waals surface area contributed by atoms with Crippen molar-refractivity contribution in [1.29, 1.82) is 0 Å². The summed E-state index contributed by atoms with van der Waals surface area (Å²) in [5.74, 6) is 0. The van der Waals surface area contributed by atoms with E-state index in [1.807, 2.05) is 6.07 Å². The van der Waals surface area contributed by atoms with E-state index < -0.39 is 0 Å². The predicted molar refractivity (Wildman–Crippen MR) is 70.5 cm³/mol. The number of benzene rings is 1. The molecule has 0 unspecified atom stereocenters. The van der Waals surface area contributed by atoms with Crippen LogP contribution in [0, 0.1) is 10.1 Å². The second-order valence-electron chi connectivity index (χ2n) is 4.03. The van der Waals surface area contributed by atoms with E-state index in [2.05, 4.69) is 12.2 Å². The van der Waals surface area contributed by atoms with E-state index >= 15 is 0 Å².